The fraction of sp³-hybridized carbons (Fsp3) is 0.797. The fourth-order valence-electron chi connectivity index (χ4n) is 7.02. The van der Waals surface area contributed by atoms with Crippen LogP contribution in [-0.4, -0.2) is 356 Å². The highest BCUT2D eigenvalue weighted by molar-refractivity contribution is 6.02. The smallest absolute Gasteiger partial charge is 0.335 e. The number of hydroxylamine groups is 4. The Hall–Kier alpha value is -13.5. The first kappa shape index (κ1) is 132. The zero-order valence-electron chi connectivity index (χ0n) is 72.4. The van der Waals surface area contributed by atoms with E-state index in [0.717, 1.165) is 0 Å². The topological polar surface area (TPSA) is 1010 Å². The predicted molar refractivity (Wildman–Crippen MR) is 451 cm³/mol. The lowest BCUT2D eigenvalue weighted by Crippen LogP contribution is -2.35. The van der Waals surface area contributed by atoms with Crippen LogP contribution in [0, 0.1) is 0 Å². The largest absolute Gasteiger partial charge is 0.481 e. The van der Waals surface area contributed by atoms with Crippen molar-refractivity contribution in [1.29, 1.82) is 0 Å². The lowest BCUT2D eigenvalue weighted by molar-refractivity contribution is -0.198. The van der Waals surface area contributed by atoms with Gasteiger partial charge in [-0.1, -0.05) is 51.1 Å². The van der Waals surface area contributed by atoms with Crippen LogP contribution >= 0.6 is 0 Å². The molecule has 0 bridgehead atoms. The minimum atomic E-state index is -1.11. The van der Waals surface area contributed by atoms with Crippen LogP contribution in [0.3, 0.4) is 0 Å². The number of likely N-dealkylation sites (N-methyl/N-ethyl adjacent to an activating group) is 2. The van der Waals surface area contributed by atoms with Crippen LogP contribution in [0.15, 0.2) is 51.1 Å². The van der Waals surface area contributed by atoms with E-state index in [9.17, 15) is 62.3 Å². The van der Waals surface area contributed by atoms with Crippen molar-refractivity contribution >= 4 is 76.9 Å². The maximum absolute atomic E-state index is 11.6. The van der Waals surface area contributed by atoms with E-state index in [1.807, 2.05) is 0 Å². The van der Waals surface area contributed by atoms with E-state index in [4.69, 9.17) is 142 Å². The summed E-state index contributed by atoms with van der Waals surface area (Å²) < 4.78 is 44.2. The molecule has 2 fully saturated rings. The summed E-state index contributed by atoms with van der Waals surface area (Å²) in [6, 6.07) is 0. The average Bonchev–Trinajstić information content (AvgIpc) is 1.74. The number of amides is 6. The van der Waals surface area contributed by atoms with Gasteiger partial charge in [-0.2, -0.15) is 0 Å². The summed E-state index contributed by atoms with van der Waals surface area (Å²) in [6.07, 6.45) is 3.46. The Balaban J connectivity index is -0.000000216. The van der Waals surface area contributed by atoms with Gasteiger partial charge in [0.05, 0.1) is 144 Å². The van der Waals surface area contributed by atoms with E-state index >= 15 is 0 Å². The van der Waals surface area contributed by atoms with Gasteiger partial charge in [0.15, 0.2) is 11.6 Å². The molecule has 0 radical (unpaired) electrons. The van der Waals surface area contributed by atoms with Crippen molar-refractivity contribution in [2.75, 3.05) is 244 Å². The van der Waals surface area contributed by atoms with Crippen LogP contribution in [-0.2, 0) is 115 Å². The van der Waals surface area contributed by atoms with Crippen molar-refractivity contribution < 1.29 is 130 Å². The number of unbranched alkanes of at least 4 members (excludes halogenated alkanes) is 2. The number of aliphatic carboxylic acids is 3. The molecule has 2 rings (SSSR count). The molecule has 2 aliphatic heterocycles. The molecule has 0 aliphatic carbocycles. The molecule has 0 aromatic carbocycles. The number of hydrogen-bond acceptors (Lipinski definition) is 39. The number of carboxylic acids is 3. The predicted octanol–water partition coefficient (Wildman–Crippen LogP) is 4.33. The van der Waals surface area contributed by atoms with Crippen molar-refractivity contribution in [2.45, 2.75) is 89.9 Å². The third kappa shape index (κ3) is 112. The van der Waals surface area contributed by atoms with Crippen LogP contribution in [0.25, 0.3) is 104 Å². The molecule has 130 heavy (non-hydrogen) atoms. The van der Waals surface area contributed by atoms with E-state index in [1.54, 1.807) is 14.1 Å². The molecule has 0 spiro atoms. The highest BCUT2D eigenvalue weighted by Crippen LogP contribution is 2.14. The quantitative estimate of drug-likeness (QED) is 0.0138. The Morgan fingerprint density at radius 1 is 0.308 bits per heavy atom. The minimum Gasteiger partial charge on any atom is -0.481 e. The molecule has 66 heteroatoms. The third-order valence-electron chi connectivity index (χ3n) is 12.8. The van der Waals surface area contributed by atoms with Gasteiger partial charge in [-0.15, -0.1) is 10.1 Å². The molecule has 0 saturated carbocycles. The van der Waals surface area contributed by atoms with Crippen molar-refractivity contribution in [3.8, 4) is 0 Å². The second-order valence-corrected chi connectivity index (χ2v) is 23.1. The first-order valence-corrected chi connectivity index (χ1v) is 38.7. The molecule has 6 amide bonds. The molecule has 2 aliphatic rings. The zero-order valence-corrected chi connectivity index (χ0v) is 72.4. The molecule has 0 atom stereocenters. The SMILES string of the molecule is CN(CC(=O)CCCCN=[N+]=[N-])C(=O)COCCN.CN(CC(=O)CCCCN=[N+]=[N-])C(=O)COCCN.[N-]=[N+]=NCC(=O)O.[N-]=[N+]=NCCOCCC(=O)O.[N-]=[N+]=NCCOCCC(=O)O.[N-]=[N+]=NCCOCCC(=O)ON1C(=O)CCC1=O.[N-]=[N+]=NCCOCCC(=O)ON1C(=O)CCC1=O.[N-]=[N+]=NCCOCCN.[N-]=[N+]=NCCOCCN.[N-]=[N+]=NCCOCCN. The van der Waals surface area contributed by atoms with E-state index in [2.05, 4.69) is 110 Å². The summed E-state index contributed by atoms with van der Waals surface area (Å²) >= 11 is 0. The molecule has 0 aromatic heterocycles. The van der Waals surface area contributed by atoms with Gasteiger partial charge in [0.2, 0.25) is 11.8 Å². The van der Waals surface area contributed by atoms with Crippen LogP contribution in [0.4, 0.5) is 0 Å². The minimum absolute atomic E-state index is 0.0176. The Kier molecular flexibility index (Phi) is 111. The number of rotatable bonds is 65. The first-order chi connectivity index (χ1) is 62.6. The summed E-state index contributed by atoms with van der Waals surface area (Å²) in [5.41, 5.74) is 104. The molecular weight excluding hydrogens is 1750 g/mol. The van der Waals surface area contributed by atoms with Crippen LogP contribution in [0.1, 0.15) is 89.9 Å². The summed E-state index contributed by atoms with van der Waals surface area (Å²) in [6.45, 7) is 9.61. The van der Waals surface area contributed by atoms with Gasteiger partial charge >= 0.3 is 29.8 Å². The van der Waals surface area contributed by atoms with Crippen molar-refractivity contribution in [3.05, 3.63) is 104 Å². The average molecular weight is 1860 g/mol. The monoisotopic (exact) mass is 1860 g/mol. The molecular formula is C64H117N39O27. The van der Waals surface area contributed by atoms with Gasteiger partial charge in [0.25, 0.3) is 23.6 Å². The van der Waals surface area contributed by atoms with Gasteiger partial charge < -0.3 is 106 Å². The molecule has 13 N–H and O–H groups in total. The number of imide groups is 2. The van der Waals surface area contributed by atoms with Crippen molar-refractivity contribution in [3.63, 3.8) is 0 Å². The fourth-order valence-corrected chi connectivity index (χ4v) is 7.02. The Labute approximate surface area is 742 Å². The van der Waals surface area contributed by atoms with Crippen LogP contribution in [0.2, 0.25) is 0 Å². The summed E-state index contributed by atoms with van der Waals surface area (Å²) in [4.78, 5) is 180. The van der Waals surface area contributed by atoms with Gasteiger partial charge in [-0.25, -0.2) is 9.59 Å². The highest BCUT2D eigenvalue weighted by atomic mass is 16.7. The second kappa shape index (κ2) is 110. The summed E-state index contributed by atoms with van der Waals surface area (Å²) in [7, 11) is 3.12. The molecule has 2 heterocycles. The number of ketones is 2. The Morgan fingerprint density at radius 2 is 0.531 bits per heavy atom. The Morgan fingerprint density at radius 3 is 0.746 bits per heavy atom. The lowest BCUT2D eigenvalue weighted by atomic mass is 10.1. The molecule has 730 valence electrons. The van der Waals surface area contributed by atoms with Crippen molar-refractivity contribution in [1.82, 2.24) is 19.9 Å². The first-order valence-electron chi connectivity index (χ1n) is 38.7. The third-order valence-corrected chi connectivity index (χ3v) is 12.8. The summed E-state index contributed by atoms with van der Waals surface area (Å²) in [5.74, 6) is -6.92. The Bertz CT molecular complexity index is 3370. The number of nitrogens with zero attached hydrogens (tertiary/aromatic N) is 34. The van der Waals surface area contributed by atoms with Gasteiger partial charge in [-0.05, 0) is 81.0 Å². The number of nitrogens with two attached hydrogens (primary N) is 5. The maximum atomic E-state index is 11.6. The normalized spacial score (nSPS) is 10.5. The van der Waals surface area contributed by atoms with Gasteiger partial charge in [-0.3, -0.25) is 52.7 Å². The number of Topliss-reactive ketones (excluding diaryl/α,β-unsaturated/α-hetero) is 2. The number of hydrogen-bond donors (Lipinski definition) is 8. The van der Waals surface area contributed by atoms with Gasteiger partial charge in [0.1, 0.15) is 19.8 Å². The van der Waals surface area contributed by atoms with E-state index in [1.165, 1.54) is 9.80 Å². The number of ether oxygens (including phenoxy) is 9. The molecule has 0 unspecified atom stereocenters. The lowest BCUT2D eigenvalue weighted by Gasteiger charge is -2.16. The number of carbonyl (C=O) groups excluding carboxylic acids is 10. The molecule has 2 saturated heterocycles. The highest BCUT2D eigenvalue weighted by Gasteiger charge is 2.34. The van der Waals surface area contributed by atoms with Gasteiger partial charge in [0, 0.05) is 193 Å². The molecule has 66 nitrogen and oxygen atoms in total. The second-order valence-electron chi connectivity index (χ2n) is 23.1. The van der Waals surface area contributed by atoms with E-state index < -0.39 is 60.0 Å². The summed E-state index contributed by atoms with van der Waals surface area (Å²) in [5, 5.41) is 57.2. The standard InChI is InChI=1S/2C11H21N5O3.2C9H12N4O5.2C5H9N3O3.3C4H10N4O.C2H3N3O2/c2*1-16(11(18)9-19-7-5-12)8-10(17)4-2-3-6-14-15-13;2*10-12-11-4-6-17-5-3-9(16)18-13-7(14)1-2-8(13)15;2*6-8-7-2-4-11-3-1-5(9)10;3*5-1-3-9-4-2-7-8-6;3-5-4-1-2(6)7/h2*2-9,12H2,1H3;2*1-6H2;2*1-4H2,(H,9,10);3*1-5H2;1H2,(H,6,7). The van der Waals surface area contributed by atoms with E-state index in [-0.39, 0.29) is 180 Å². The molecule has 0 aromatic rings. The van der Waals surface area contributed by atoms with Crippen molar-refractivity contribution in [2.24, 2.45) is 79.8 Å². The number of azide groups is 10. The van der Waals surface area contributed by atoms with E-state index in [0.29, 0.717) is 167 Å². The zero-order chi connectivity index (χ0) is 99.4. The maximum Gasteiger partial charge on any atom is 0.335 e. The van der Waals surface area contributed by atoms with Crippen LogP contribution < -0.4 is 28.7 Å². The number of carboxylic acid groups (broad SMARTS) is 3. The number of carbonyl (C=O) groups is 13. The van der Waals surface area contributed by atoms with Crippen LogP contribution in [0.5, 0.6) is 0 Å².